The van der Waals surface area contributed by atoms with E-state index < -0.39 is 0 Å². The van der Waals surface area contributed by atoms with E-state index in [1.165, 1.54) is 10.4 Å². The van der Waals surface area contributed by atoms with Crippen molar-refractivity contribution in [2.45, 2.75) is 19.9 Å². The van der Waals surface area contributed by atoms with Gasteiger partial charge in [-0.2, -0.15) is 0 Å². The molecule has 3 rings (SSSR count). The number of likely N-dealkylation sites (N-methyl/N-ethyl adjacent to an activating group) is 1. The molecule has 0 saturated heterocycles. The van der Waals surface area contributed by atoms with Crippen molar-refractivity contribution in [1.82, 2.24) is 10.2 Å². The van der Waals surface area contributed by atoms with Gasteiger partial charge in [0.15, 0.2) is 0 Å². The van der Waals surface area contributed by atoms with E-state index in [4.69, 9.17) is 0 Å². The zero-order valence-corrected chi connectivity index (χ0v) is 15.9. The lowest BCUT2D eigenvalue weighted by Gasteiger charge is -2.28. The molecule has 2 aromatic rings. The highest BCUT2D eigenvalue weighted by Gasteiger charge is 2.24. The fraction of sp³-hybridized carbons (Fsp3) is 0.333. The van der Waals surface area contributed by atoms with Gasteiger partial charge in [-0.05, 0) is 55.1 Å². The highest BCUT2D eigenvalue weighted by atomic mass is 35.5. The summed E-state index contributed by atoms with van der Waals surface area (Å²) in [6.07, 6.45) is 0.913. The van der Waals surface area contributed by atoms with Crippen LogP contribution in [0.3, 0.4) is 0 Å². The number of anilines is 1. The van der Waals surface area contributed by atoms with Crippen molar-refractivity contribution < 1.29 is 9.59 Å². The number of carbonyl (C=O) groups is 2. The summed E-state index contributed by atoms with van der Waals surface area (Å²) in [5, 5.41) is 7.75. The summed E-state index contributed by atoms with van der Waals surface area (Å²) in [6, 6.07) is 7.57. The number of thiophene rings is 1. The summed E-state index contributed by atoms with van der Waals surface area (Å²) in [5.41, 5.74) is 3.39. The van der Waals surface area contributed by atoms with Crippen LogP contribution in [0.1, 0.15) is 26.4 Å². The van der Waals surface area contributed by atoms with Gasteiger partial charge in [0.1, 0.15) is 0 Å². The Labute approximate surface area is 157 Å². The van der Waals surface area contributed by atoms with Gasteiger partial charge >= 0.3 is 0 Å². The average molecular weight is 380 g/mol. The summed E-state index contributed by atoms with van der Waals surface area (Å²) in [7, 11) is 1.72. The number of hydrogen-bond acceptors (Lipinski definition) is 4. The third-order valence-corrected chi connectivity index (χ3v) is 5.29. The van der Waals surface area contributed by atoms with Gasteiger partial charge < -0.3 is 15.5 Å². The minimum Gasteiger partial charge on any atom is -0.334 e. The molecule has 1 aliphatic heterocycles. The third kappa shape index (κ3) is 4.21. The van der Waals surface area contributed by atoms with E-state index >= 15 is 0 Å². The molecule has 1 aliphatic rings. The topological polar surface area (TPSA) is 61.4 Å². The molecule has 134 valence electrons. The fourth-order valence-electron chi connectivity index (χ4n) is 2.95. The first kappa shape index (κ1) is 19.4. The molecule has 0 atom stereocenters. The minimum absolute atomic E-state index is 0. The number of benzene rings is 1. The Balaban J connectivity index is 0.00000225. The summed E-state index contributed by atoms with van der Waals surface area (Å²) in [4.78, 5) is 28.0. The van der Waals surface area contributed by atoms with Gasteiger partial charge in [-0.3, -0.25) is 9.59 Å². The summed E-state index contributed by atoms with van der Waals surface area (Å²) in [6.45, 7) is 3.52. The van der Waals surface area contributed by atoms with Crippen molar-refractivity contribution in [2.24, 2.45) is 0 Å². The van der Waals surface area contributed by atoms with Crippen LogP contribution in [0.25, 0.3) is 0 Å². The molecule has 0 aliphatic carbocycles. The molecular weight excluding hydrogens is 358 g/mol. The van der Waals surface area contributed by atoms with Crippen LogP contribution < -0.4 is 10.6 Å². The Kier molecular flexibility index (Phi) is 6.58. The standard InChI is InChI=1S/C18H21N3O2S.ClH/c1-12-14(4-3-5-15(12)20-17(22)10-19-2)18(23)21-8-6-16-13(11-21)7-9-24-16;/h3-5,7,9,19H,6,8,10-11H2,1-2H3,(H,20,22);1H. The van der Waals surface area contributed by atoms with Crippen LogP contribution in [-0.2, 0) is 17.8 Å². The molecule has 0 saturated carbocycles. The van der Waals surface area contributed by atoms with Crippen LogP contribution in [0.4, 0.5) is 5.69 Å². The normalized spacial score (nSPS) is 13.0. The Morgan fingerprint density at radius 1 is 1.28 bits per heavy atom. The number of nitrogens with zero attached hydrogens (tertiary/aromatic N) is 1. The van der Waals surface area contributed by atoms with Gasteiger partial charge in [0.25, 0.3) is 5.91 Å². The van der Waals surface area contributed by atoms with E-state index in [0.717, 1.165) is 18.5 Å². The van der Waals surface area contributed by atoms with Gasteiger partial charge in [0.05, 0.1) is 6.54 Å². The van der Waals surface area contributed by atoms with Crippen LogP contribution in [0.2, 0.25) is 0 Å². The number of fused-ring (bicyclic) bond motifs is 1. The number of carbonyl (C=O) groups excluding carboxylic acids is 2. The number of hydrogen-bond donors (Lipinski definition) is 2. The Morgan fingerprint density at radius 2 is 2.08 bits per heavy atom. The quantitative estimate of drug-likeness (QED) is 0.858. The molecule has 0 fully saturated rings. The SMILES string of the molecule is CNCC(=O)Nc1cccc(C(=O)N2CCc3sccc3C2)c1C.Cl. The van der Waals surface area contributed by atoms with Crippen LogP contribution >= 0.6 is 23.7 Å². The van der Waals surface area contributed by atoms with E-state index in [2.05, 4.69) is 22.1 Å². The first-order valence-corrected chi connectivity index (χ1v) is 8.86. The Morgan fingerprint density at radius 3 is 2.84 bits per heavy atom. The van der Waals surface area contributed by atoms with Gasteiger partial charge in [-0.25, -0.2) is 0 Å². The molecule has 25 heavy (non-hydrogen) atoms. The Hall–Kier alpha value is -1.89. The smallest absolute Gasteiger partial charge is 0.254 e. The molecule has 0 unspecified atom stereocenters. The highest BCUT2D eigenvalue weighted by Crippen LogP contribution is 2.27. The average Bonchev–Trinajstić information content (AvgIpc) is 3.04. The van der Waals surface area contributed by atoms with Crippen LogP contribution in [-0.4, -0.2) is 36.9 Å². The second-order valence-electron chi connectivity index (χ2n) is 5.90. The first-order valence-electron chi connectivity index (χ1n) is 7.98. The Bertz CT molecular complexity index is 775. The van der Waals surface area contributed by atoms with Crippen molar-refractivity contribution >= 4 is 41.2 Å². The summed E-state index contributed by atoms with van der Waals surface area (Å²) >= 11 is 1.76. The molecule has 7 heteroatoms. The second kappa shape index (κ2) is 8.47. The number of halogens is 1. The lowest BCUT2D eigenvalue weighted by molar-refractivity contribution is -0.115. The van der Waals surface area contributed by atoms with Crippen molar-refractivity contribution in [2.75, 3.05) is 25.5 Å². The van der Waals surface area contributed by atoms with E-state index in [1.54, 1.807) is 18.4 Å². The lowest BCUT2D eigenvalue weighted by atomic mass is 10.0. The molecule has 2 N–H and O–H groups in total. The molecule has 1 aromatic heterocycles. The third-order valence-electron chi connectivity index (χ3n) is 4.27. The highest BCUT2D eigenvalue weighted by molar-refractivity contribution is 7.10. The fourth-order valence-corrected chi connectivity index (χ4v) is 3.84. The molecule has 0 spiro atoms. The zero-order valence-electron chi connectivity index (χ0n) is 14.3. The van der Waals surface area contributed by atoms with Crippen molar-refractivity contribution in [3.8, 4) is 0 Å². The molecule has 0 radical (unpaired) electrons. The van der Waals surface area contributed by atoms with E-state index in [-0.39, 0.29) is 30.8 Å². The lowest BCUT2D eigenvalue weighted by Crippen LogP contribution is -2.35. The van der Waals surface area contributed by atoms with E-state index in [9.17, 15) is 9.59 Å². The molecule has 2 amide bonds. The maximum absolute atomic E-state index is 12.9. The van der Waals surface area contributed by atoms with E-state index in [1.807, 2.05) is 30.0 Å². The number of amides is 2. The molecule has 0 bridgehead atoms. The maximum atomic E-state index is 12.9. The largest absolute Gasteiger partial charge is 0.334 e. The zero-order chi connectivity index (χ0) is 17.1. The molecule has 5 nitrogen and oxygen atoms in total. The monoisotopic (exact) mass is 379 g/mol. The number of nitrogens with one attached hydrogen (secondary N) is 2. The van der Waals surface area contributed by atoms with Crippen LogP contribution in [0.15, 0.2) is 29.6 Å². The summed E-state index contributed by atoms with van der Waals surface area (Å²) < 4.78 is 0. The van der Waals surface area contributed by atoms with Crippen molar-refractivity contribution in [3.63, 3.8) is 0 Å². The van der Waals surface area contributed by atoms with Gasteiger partial charge in [-0.1, -0.05) is 6.07 Å². The predicted molar refractivity (Wildman–Crippen MR) is 104 cm³/mol. The van der Waals surface area contributed by atoms with Crippen LogP contribution in [0.5, 0.6) is 0 Å². The summed E-state index contributed by atoms with van der Waals surface area (Å²) in [5.74, 6) is -0.0971. The van der Waals surface area contributed by atoms with Crippen LogP contribution in [0, 0.1) is 6.92 Å². The number of rotatable bonds is 4. The first-order chi connectivity index (χ1) is 11.6. The molecule has 2 heterocycles. The van der Waals surface area contributed by atoms with Crippen molar-refractivity contribution in [1.29, 1.82) is 0 Å². The maximum Gasteiger partial charge on any atom is 0.254 e. The minimum atomic E-state index is -0.119. The van der Waals surface area contributed by atoms with Gasteiger partial charge in [0.2, 0.25) is 5.91 Å². The predicted octanol–water partition coefficient (Wildman–Crippen LogP) is 2.83. The van der Waals surface area contributed by atoms with Gasteiger partial charge in [-0.15, -0.1) is 23.7 Å². The molecular formula is C18H22ClN3O2S. The van der Waals surface area contributed by atoms with E-state index in [0.29, 0.717) is 17.8 Å². The molecule has 1 aromatic carbocycles. The van der Waals surface area contributed by atoms with Gasteiger partial charge in [0, 0.05) is 29.2 Å². The second-order valence-corrected chi connectivity index (χ2v) is 6.90. The van der Waals surface area contributed by atoms with Crippen molar-refractivity contribution in [3.05, 3.63) is 51.2 Å².